The molecule has 2 aromatic carbocycles. The third-order valence-electron chi connectivity index (χ3n) is 4.75. The Balaban J connectivity index is 1.81. The Morgan fingerprint density at radius 1 is 0.931 bits per heavy atom. The van der Waals surface area contributed by atoms with Gasteiger partial charge in [-0.1, -0.05) is 49.4 Å². The van der Waals surface area contributed by atoms with Gasteiger partial charge in [0.05, 0.1) is 27.3 Å². The van der Waals surface area contributed by atoms with E-state index in [0.717, 1.165) is 28.1 Å². The molecule has 0 aliphatic rings. The first kappa shape index (κ1) is 19.3. The molecule has 0 unspecified atom stereocenters. The molecule has 0 bridgehead atoms. The lowest BCUT2D eigenvalue weighted by Gasteiger charge is -2.15. The summed E-state index contributed by atoms with van der Waals surface area (Å²) >= 11 is 1.35. The van der Waals surface area contributed by atoms with Crippen LogP contribution in [0.3, 0.4) is 0 Å². The Morgan fingerprint density at radius 3 is 2.48 bits per heavy atom. The average molecular weight is 411 g/mol. The summed E-state index contributed by atoms with van der Waals surface area (Å²) < 4.78 is 39.5. The van der Waals surface area contributed by atoms with E-state index < -0.39 is 11.7 Å². The first-order valence-corrected chi connectivity index (χ1v) is 9.79. The highest BCUT2D eigenvalue weighted by molar-refractivity contribution is 7.13. The summed E-state index contributed by atoms with van der Waals surface area (Å²) in [6.45, 7) is 2.06. The molecule has 0 saturated carbocycles. The molecular weight excluding hydrogens is 395 g/mol. The molecule has 146 valence electrons. The minimum atomic E-state index is -4.41. The molecule has 0 amide bonds. The van der Waals surface area contributed by atoms with E-state index in [0.29, 0.717) is 17.0 Å². The van der Waals surface area contributed by atoms with Gasteiger partial charge >= 0.3 is 6.18 Å². The highest BCUT2D eigenvalue weighted by Gasteiger charge is 2.31. The predicted molar refractivity (Wildman–Crippen MR) is 108 cm³/mol. The van der Waals surface area contributed by atoms with Gasteiger partial charge in [0.1, 0.15) is 6.33 Å². The topological polar surface area (TPSA) is 38.7 Å². The Hall–Kier alpha value is -3.06. The molecule has 0 fully saturated rings. The maximum Gasteiger partial charge on any atom is 0.416 e. The molecule has 0 spiro atoms. The summed E-state index contributed by atoms with van der Waals surface area (Å²) in [7, 11) is 0. The van der Waals surface area contributed by atoms with E-state index in [4.69, 9.17) is 0 Å². The van der Waals surface area contributed by atoms with Crippen LogP contribution in [-0.2, 0) is 6.18 Å². The van der Waals surface area contributed by atoms with Crippen LogP contribution in [0, 0.1) is 0 Å². The molecule has 0 saturated heterocycles. The SMILES string of the molecule is C[C@@H](c1ccccc1)c1cncnc1-c1scnc1-c1cccc(C(F)(F)F)c1. The van der Waals surface area contributed by atoms with E-state index >= 15 is 0 Å². The number of aromatic nitrogens is 3. The number of hydrogen-bond donors (Lipinski definition) is 0. The van der Waals surface area contributed by atoms with Crippen molar-refractivity contribution in [2.75, 3.05) is 0 Å². The van der Waals surface area contributed by atoms with Crippen molar-refractivity contribution in [3.05, 3.63) is 89.3 Å². The standard InChI is InChI=1S/C22H16F3N3S/c1-14(15-6-3-2-4-7-15)18-11-26-12-27-20(18)21-19(28-13-29-21)16-8-5-9-17(10-16)22(23,24)25/h2-14H,1H3/t14-/m0/s1. The van der Waals surface area contributed by atoms with Gasteiger partial charge in [-0.05, 0) is 17.7 Å². The zero-order valence-corrected chi connectivity index (χ0v) is 16.2. The fourth-order valence-electron chi connectivity index (χ4n) is 3.23. The van der Waals surface area contributed by atoms with Gasteiger partial charge in [0.2, 0.25) is 0 Å². The summed E-state index contributed by atoms with van der Waals surface area (Å²) in [5.74, 6) is 0.0175. The molecule has 2 heterocycles. The molecule has 1 atom stereocenters. The second kappa shape index (κ2) is 7.75. The molecule has 0 N–H and O–H groups in total. The van der Waals surface area contributed by atoms with Gasteiger partial charge in [0.15, 0.2) is 0 Å². The van der Waals surface area contributed by atoms with E-state index in [1.54, 1.807) is 17.8 Å². The van der Waals surface area contributed by atoms with Gasteiger partial charge in [-0.25, -0.2) is 15.0 Å². The quantitative estimate of drug-likeness (QED) is 0.388. The molecule has 0 aliphatic heterocycles. The molecule has 2 aromatic heterocycles. The number of nitrogens with zero attached hydrogens (tertiary/aromatic N) is 3. The van der Waals surface area contributed by atoms with Crippen LogP contribution in [0.4, 0.5) is 13.2 Å². The molecule has 7 heteroatoms. The third-order valence-corrected chi connectivity index (χ3v) is 5.59. The van der Waals surface area contributed by atoms with Gasteiger partial charge in [-0.2, -0.15) is 13.2 Å². The predicted octanol–water partition coefficient (Wildman–Crippen LogP) is 6.44. The Kier molecular flexibility index (Phi) is 5.15. The van der Waals surface area contributed by atoms with Crippen molar-refractivity contribution in [2.45, 2.75) is 19.0 Å². The maximum absolute atomic E-state index is 13.2. The number of rotatable bonds is 4. The molecular formula is C22H16F3N3S. The van der Waals surface area contributed by atoms with Crippen LogP contribution < -0.4 is 0 Å². The zero-order valence-electron chi connectivity index (χ0n) is 15.4. The van der Waals surface area contributed by atoms with Crippen LogP contribution in [0.2, 0.25) is 0 Å². The van der Waals surface area contributed by atoms with Crippen molar-refractivity contribution in [2.24, 2.45) is 0 Å². The molecule has 0 radical (unpaired) electrons. The number of halogens is 3. The van der Waals surface area contributed by atoms with Crippen LogP contribution >= 0.6 is 11.3 Å². The molecule has 29 heavy (non-hydrogen) atoms. The monoisotopic (exact) mass is 411 g/mol. The molecule has 0 aliphatic carbocycles. The van der Waals surface area contributed by atoms with Gasteiger partial charge in [-0.15, -0.1) is 11.3 Å². The van der Waals surface area contributed by atoms with Gasteiger partial charge in [0.25, 0.3) is 0 Å². The minimum absolute atomic E-state index is 0.0175. The zero-order chi connectivity index (χ0) is 20.4. The lowest BCUT2D eigenvalue weighted by atomic mass is 9.92. The van der Waals surface area contributed by atoms with E-state index in [-0.39, 0.29) is 5.92 Å². The number of thiazole rings is 1. The van der Waals surface area contributed by atoms with Crippen LogP contribution in [0.25, 0.3) is 21.8 Å². The molecule has 3 nitrogen and oxygen atoms in total. The van der Waals surface area contributed by atoms with E-state index in [1.165, 1.54) is 23.7 Å². The van der Waals surface area contributed by atoms with Crippen molar-refractivity contribution >= 4 is 11.3 Å². The Morgan fingerprint density at radius 2 is 1.72 bits per heavy atom. The lowest BCUT2D eigenvalue weighted by molar-refractivity contribution is -0.137. The van der Waals surface area contributed by atoms with Crippen molar-refractivity contribution in [3.8, 4) is 21.8 Å². The van der Waals surface area contributed by atoms with Crippen molar-refractivity contribution < 1.29 is 13.2 Å². The number of benzene rings is 2. The third kappa shape index (κ3) is 3.91. The number of alkyl halides is 3. The second-order valence-electron chi connectivity index (χ2n) is 6.57. The van der Waals surface area contributed by atoms with E-state index in [1.807, 2.05) is 30.3 Å². The van der Waals surface area contributed by atoms with Gasteiger partial charge in [-0.3, -0.25) is 0 Å². The summed E-state index contributed by atoms with van der Waals surface area (Å²) in [4.78, 5) is 13.7. The minimum Gasteiger partial charge on any atom is -0.244 e. The molecule has 4 rings (SSSR count). The first-order chi connectivity index (χ1) is 13.9. The first-order valence-electron chi connectivity index (χ1n) is 8.91. The van der Waals surface area contributed by atoms with E-state index in [9.17, 15) is 13.2 Å². The maximum atomic E-state index is 13.2. The fraction of sp³-hybridized carbons (Fsp3) is 0.136. The highest BCUT2D eigenvalue weighted by atomic mass is 32.1. The fourth-order valence-corrected chi connectivity index (χ4v) is 4.06. The summed E-state index contributed by atoms with van der Waals surface area (Å²) in [6, 6.07) is 15.2. The Bertz CT molecular complexity index is 1120. The van der Waals surface area contributed by atoms with Gasteiger partial charge < -0.3 is 0 Å². The van der Waals surface area contributed by atoms with Crippen LogP contribution in [0.1, 0.15) is 29.5 Å². The smallest absolute Gasteiger partial charge is 0.244 e. The van der Waals surface area contributed by atoms with Crippen molar-refractivity contribution in [1.82, 2.24) is 15.0 Å². The summed E-state index contributed by atoms with van der Waals surface area (Å²) in [5, 5.41) is 0. The van der Waals surface area contributed by atoms with Gasteiger partial charge in [0, 0.05) is 23.2 Å². The highest BCUT2D eigenvalue weighted by Crippen LogP contribution is 2.40. The Labute approximate surface area is 169 Å². The number of hydrogen-bond acceptors (Lipinski definition) is 4. The van der Waals surface area contributed by atoms with Crippen LogP contribution in [-0.4, -0.2) is 15.0 Å². The van der Waals surface area contributed by atoms with E-state index in [2.05, 4.69) is 21.9 Å². The normalized spacial score (nSPS) is 12.7. The van der Waals surface area contributed by atoms with Crippen LogP contribution in [0.5, 0.6) is 0 Å². The van der Waals surface area contributed by atoms with Crippen molar-refractivity contribution in [3.63, 3.8) is 0 Å². The second-order valence-corrected chi connectivity index (χ2v) is 7.42. The van der Waals surface area contributed by atoms with Crippen LogP contribution in [0.15, 0.2) is 72.6 Å². The average Bonchev–Trinajstić information content (AvgIpc) is 3.23. The largest absolute Gasteiger partial charge is 0.416 e. The van der Waals surface area contributed by atoms with Crippen molar-refractivity contribution in [1.29, 1.82) is 0 Å². The molecule has 4 aromatic rings. The summed E-state index contributed by atoms with van der Waals surface area (Å²) in [6.07, 6.45) is -1.20. The lowest BCUT2D eigenvalue weighted by Crippen LogP contribution is -2.04. The summed E-state index contributed by atoms with van der Waals surface area (Å²) in [5.41, 5.74) is 4.52.